The predicted octanol–water partition coefficient (Wildman–Crippen LogP) is 3.39. The maximum absolute atomic E-state index is 12.5. The molecule has 0 spiro atoms. The van der Waals surface area contributed by atoms with Crippen molar-refractivity contribution in [3.05, 3.63) is 29.8 Å². The van der Waals surface area contributed by atoms with Crippen molar-refractivity contribution >= 4 is 5.78 Å². The van der Waals surface area contributed by atoms with E-state index >= 15 is 0 Å². The third kappa shape index (κ3) is 3.60. The first-order valence-electron chi connectivity index (χ1n) is 7.50. The second-order valence-corrected chi connectivity index (χ2v) is 5.86. The van der Waals surface area contributed by atoms with Crippen LogP contribution < -0.4 is 4.74 Å². The average Bonchev–Trinajstić information content (AvgIpc) is 2.98. The Morgan fingerprint density at radius 2 is 1.90 bits per heavy atom. The number of rotatable bonds is 6. The first-order valence-corrected chi connectivity index (χ1v) is 7.50. The summed E-state index contributed by atoms with van der Waals surface area (Å²) in [5.74, 6) is 1.74. The molecule has 3 nitrogen and oxygen atoms in total. The van der Waals surface area contributed by atoms with E-state index in [1.165, 1.54) is 25.7 Å². The van der Waals surface area contributed by atoms with Gasteiger partial charge in [-0.2, -0.15) is 0 Å². The molecule has 0 radical (unpaired) electrons. The van der Waals surface area contributed by atoms with E-state index in [2.05, 4.69) is 11.9 Å². The minimum atomic E-state index is -0.0657. The first-order chi connectivity index (χ1) is 9.61. The van der Waals surface area contributed by atoms with Gasteiger partial charge in [-0.1, -0.05) is 12.8 Å². The smallest absolute Gasteiger partial charge is 0.179 e. The van der Waals surface area contributed by atoms with Crippen molar-refractivity contribution in [2.24, 2.45) is 5.92 Å². The van der Waals surface area contributed by atoms with Gasteiger partial charge in [-0.25, -0.2) is 0 Å². The molecular formula is C17H25NO2. The lowest BCUT2D eigenvalue weighted by molar-refractivity contribution is 0.0853. The lowest BCUT2D eigenvalue weighted by Gasteiger charge is -2.26. The lowest BCUT2D eigenvalue weighted by Crippen LogP contribution is -2.38. The molecule has 1 aliphatic rings. The van der Waals surface area contributed by atoms with Crippen molar-refractivity contribution in [1.82, 2.24) is 4.90 Å². The molecule has 1 atom stereocenters. The van der Waals surface area contributed by atoms with E-state index in [9.17, 15) is 4.79 Å². The van der Waals surface area contributed by atoms with E-state index in [0.29, 0.717) is 0 Å². The van der Waals surface area contributed by atoms with Crippen LogP contribution in [0.1, 0.15) is 43.0 Å². The molecule has 20 heavy (non-hydrogen) atoms. The zero-order valence-corrected chi connectivity index (χ0v) is 12.8. The number of hydrogen-bond acceptors (Lipinski definition) is 3. The van der Waals surface area contributed by atoms with Crippen LogP contribution in [0.4, 0.5) is 0 Å². The van der Waals surface area contributed by atoms with Crippen LogP contribution in [0.5, 0.6) is 5.75 Å². The van der Waals surface area contributed by atoms with E-state index in [1.807, 2.05) is 31.2 Å². The van der Waals surface area contributed by atoms with Crippen LogP contribution in [-0.4, -0.2) is 37.4 Å². The minimum Gasteiger partial charge on any atom is -0.497 e. The maximum atomic E-state index is 12.5. The molecule has 0 N–H and O–H groups in total. The number of hydrogen-bond donors (Lipinski definition) is 0. The SMILES string of the molecule is COc1ccc(C(=O)C(C)N(C)CC2CCCC2)cc1. The summed E-state index contributed by atoms with van der Waals surface area (Å²) in [6.07, 6.45) is 5.32. The molecule has 1 unspecified atom stereocenters. The van der Waals surface area contributed by atoms with Crippen LogP contribution in [0.3, 0.4) is 0 Å². The van der Waals surface area contributed by atoms with Crippen molar-refractivity contribution in [2.45, 2.75) is 38.6 Å². The first kappa shape index (κ1) is 15.0. The molecule has 110 valence electrons. The molecule has 0 bridgehead atoms. The number of ether oxygens (including phenoxy) is 1. The molecule has 1 fully saturated rings. The zero-order chi connectivity index (χ0) is 14.5. The highest BCUT2D eigenvalue weighted by atomic mass is 16.5. The molecule has 3 heteroatoms. The number of ketones is 1. The summed E-state index contributed by atoms with van der Waals surface area (Å²) in [5, 5.41) is 0. The van der Waals surface area contributed by atoms with E-state index in [0.717, 1.165) is 23.8 Å². The largest absolute Gasteiger partial charge is 0.497 e. The van der Waals surface area contributed by atoms with Crippen molar-refractivity contribution < 1.29 is 9.53 Å². The fraction of sp³-hybridized carbons (Fsp3) is 0.588. The monoisotopic (exact) mass is 275 g/mol. The maximum Gasteiger partial charge on any atom is 0.179 e. The molecule has 0 aromatic heterocycles. The molecule has 0 amide bonds. The van der Waals surface area contributed by atoms with E-state index in [4.69, 9.17) is 4.74 Å². The third-order valence-corrected chi connectivity index (χ3v) is 4.44. The van der Waals surface area contributed by atoms with Gasteiger partial charge < -0.3 is 4.74 Å². The van der Waals surface area contributed by atoms with Crippen LogP contribution in [0.2, 0.25) is 0 Å². The Labute approximate surface area is 121 Å². The molecule has 1 aromatic carbocycles. The second-order valence-electron chi connectivity index (χ2n) is 5.86. The van der Waals surface area contributed by atoms with Crippen molar-refractivity contribution in [1.29, 1.82) is 0 Å². The zero-order valence-electron chi connectivity index (χ0n) is 12.8. The normalized spacial score (nSPS) is 17.4. The fourth-order valence-corrected chi connectivity index (χ4v) is 2.95. The average molecular weight is 275 g/mol. The van der Waals surface area contributed by atoms with Gasteiger partial charge in [0.1, 0.15) is 5.75 Å². The van der Waals surface area contributed by atoms with E-state index in [-0.39, 0.29) is 11.8 Å². The summed E-state index contributed by atoms with van der Waals surface area (Å²) in [4.78, 5) is 14.7. The molecule has 1 saturated carbocycles. The van der Waals surface area contributed by atoms with Crippen LogP contribution in [0, 0.1) is 5.92 Å². The van der Waals surface area contributed by atoms with Crippen molar-refractivity contribution in [3.8, 4) is 5.75 Å². The Kier molecular flexibility index (Phi) is 5.18. The van der Waals surface area contributed by atoms with E-state index in [1.54, 1.807) is 7.11 Å². The van der Waals surface area contributed by atoms with Gasteiger partial charge in [0.25, 0.3) is 0 Å². The van der Waals surface area contributed by atoms with Crippen LogP contribution in [-0.2, 0) is 0 Å². The quantitative estimate of drug-likeness (QED) is 0.745. The number of methoxy groups -OCH3 is 1. The molecular weight excluding hydrogens is 250 g/mol. The number of benzene rings is 1. The Morgan fingerprint density at radius 1 is 1.30 bits per heavy atom. The molecule has 1 aromatic rings. The molecule has 0 saturated heterocycles. The fourth-order valence-electron chi connectivity index (χ4n) is 2.95. The van der Waals surface area contributed by atoms with Crippen LogP contribution in [0.25, 0.3) is 0 Å². The number of carbonyl (C=O) groups is 1. The van der Waals surface area contributed by atoms with Gasteiger partial charge >= 0.3 is 0 Å². The highest BCUT2D eigenvalue weighted by Gasteiger charge is 2.23. The third-order valence-electron chi connectivity index (χ3n) is 4.44. The predicted molar refractivity (Wildman–Crippen MR) is 81.4 cm³/mol. The highest BCUT2D eigenvalue weighted by molar-refractivity contribution is 5.99. The standard InChI is InChI=1S/C17H25NO2/c1-13(18(2)12-14-6-4-5-7-14)17(19)15-8-10-16(20-3)11-9-15/h8-11,13-14H,4-7,12H2,1-3H3. The van der Waals surface area contributed by atoms with Gasteiger partial charge in [-0.15, -0.1) is 0 Å². The molecule has 0 aliphatic heterocycles. The summed E-state index contributed by atoms with van der Waals surface area (Å²) >= 11 is 0. The molecule has 2 rings (SSSR count). The molecule has 0 heterocycles. The van der Waals surface area contributed by atoms with Crippen molar-refractivity contribution in [2.75, 3.05) is 20.7 Å². The van der Waals surface area contributed by atoms with Gasteiger partial charge in [0.05, 0.1) is 13.2 Å². The number of nitrogens with zero attached hydrogens (tertiary/aromatic N) is 1. The summed E-state index contributed by atoms with van der Waals surface area (Å²) in [6, 6.07) is 7.32. The number of likely N-dealkylation sites (N-methyl/N-ethyl adjacent to an activating group) is 1. The van der Waals surface area contributed by atoms with Crippen LogP contribution >= 0.6 is 0 Å². The summed E-state index contributed by atoms with van der Waals surface area (Å²) in [7, 11) is 3.69. The minimum absolute atomic E-state index is 0.0657. The van der Waals surface area contributed by atoms with Crippen molar-refractivity contribution in [3.63, 3.8) is 0 Å². The summed E-state index contributed by atoms with van der Waals surface area (Å²) in [6.45, 7) is 3.03. The highest BCUT2D eigenvalue weighted by Crippen LogP contribution is 2.26. The van der Waals surface area contributed by atoms with Gasteiger partial charge in [0.15, 0.2) is 5.78 Å². The Bertz CT molecular complexity index is 435. The summed E-state index contributed by atoms with van der Waals surface area (Å²) in [5.41, 5.74) is 0.761. The van der Waals surface area contributed by atoms with Gasteiger partial charge in [-0.05, 0) is 57.0 Å². The van der Waals surface area contributed by atoms with Gasteiger partial charge in [0.2, 0.25) is 0 Å². The van der Waals surface area contributed by atoms with Gasteiger partial charge in [-0.3, -0.25) is 9.69 Å². The summed E-state index contributed by atoms with van der Waals surface area (Å²) < 4.78 is 5.12. The Morgan fingerprint density at radius 3 is 2.45 bits per heavy atom. The topological polar surface area (TPSA) is 29.5 Å². The number of carbonyl (C=O) groups excluding carboxylic acids is 1. The molecule has 1 aliphatic carbocycles. The Balaban J connectivity index is 1.95. The van der Waals surface area contributed by atoms with E-state index < -0.39 is 0 Å². The van der Waals surface area contributed by atoms with Crippen LogP contribution in [0.15, 0.2) is 24.3 Å². The number of Topliss-reactive ketones (excluding diaryl/α,β-unsaturated/α-hetero) is 1. The Hall–Kier alpha value is -1.35. The second kappa shape index (κ2) is 6.89. The lowest BCUT2D eigenvalue weighted by atomic mass is 10.0. The van der Waals surface area contributed by atoms with Gasteiger partial charge in [0, 0.05) is 12.1 Å².